The Labute approximate surface area is 63.1 Å². The fraction of sp³-hybridized carbons (Fsp3) is 0.333. The van der Waals surface area contributed by atoms with Gasteiger partial charge in [-0.3, -0.25) is 0 Å². The van der Waals surface area contributed by atoms with Crippen LogP contribution >= 0.6 is 0 Å². The molecule has 56 valence electrons. The molecule has 2 rings (SSSR count). The molecule has 0 aromatic carbocycles. The van der Waals surface area contributed by atoms with Crippen LogP contribution in [0.2, 0.25) is 0 Å². The van der Waals surface area contributed by atoms with Crippen molar-refractivity contribution in [1.82, 2.24) is 25.0 Å². The summed E-state index contributed by atoms with van der Waals surface area (Å²) in [6.45, 7) is 1.83. The van der Waals surface area contributed by atoms with Crippen molar-refractivity contribution in [2.24, 2.45) is 7.05 Å². The summed E-state index contributed by atoms with van der Waals surface area (Å²) in [5.74, 6) is 0.720. The lowest BCUT2D eigenvalue weighted by Gasteiger charge is -1.90. The van der Waals surface area contributed by atoms with E-state index >= 15 is 0 Å². The average molecular weight is 149 g/mol. The summed E-state index contributed by atoms with van der Waals surface area (Å²) < 4.78 is 1.65. The largest absolute Gasteiger partial charge is 0.244 e. The third kappa shape index (κ3) is 0.849. The molecule has 0 unspecified atom stereocenters. The van der Waals surface area contributed by atoms with Crippen molar-refractivity contribution in [1.29, 1.82) is 0 Å². The molecule has 2 heterocycles. The van der Waals surface area contributed by atoms with Crippen LogP contribution in [0.1, 0.15) is 5.82 Å². The standard InChI is InChI=1S/C6H7N5/c1-4-7-3-5-6(8-4)9-10-11(5)2/h3H,1-2H3. The van der Waals surface area contributed by atoms with Crippen LogP contribution in [0.5, 0.6) is 0 Å². The molecule has 0 aliphatic rings. The van der Waals surface area contributed by atoms with Crippen molar-refractivity contribution in [2.45, 2.75) is 6.92 Å². The molecule has 2 aromatic rings. The first-order chi connectivity index (χ1) is 5.27. The highest BCUT2D eigenvalue weighted by atomic mass is 15.4. The molecule has 0 spiro atoms. The van der Waals surface area contributed by atoms with E-state index in [0.29, 0.717) is 5.65 Å². The number of fused-ring (bicyclic) bond motifs is 1. The van der Waals surface area contributed by atoms with Gasteiger partial charge >= 0.3 is 0 Å². The van der Waals surface area contributed by atoms with E-state index in [-0.39, 0.29) is 0 Å². The molecule has 0 atom stereocenters. The van der Waals surface area contributed by atoms with Crippen molar-refractivity contribution in [3.8, 4) is 0 Å². The summed E-state index contributed by atoms with van der Waals surface area (Å²) in [6.07, 6.45) is 1.72. The first-order valence-electron chi connectivity index (χ1n) is 3.26. The van der Waals surface area contributed by atoms with Crippen LogP contribution in [-0.2, 0) is 7.05 Å². The van der Waals surface area contributed by atoms with Crippen molar-refractivity contribution >= 4 is 11.2 Å². The zero-order valence-electron chi connectivity index (χ0n) is 6.31. The normalized spacial score (nSPS) is 10.7. The van der Waals surface area contributed by atoms with Crippen molar-refractivity contribution in [3.05, 3.63) is 12.0 Å². The summed E-state index contributed by atoms with van der Waals surface area (Å²) in [5, 5.41) is 7.64. The van der Waals surface area contributed by atoms with E-state index in [1.54, 1.807) is 10.9 Å². The van der Waals surface area contributed by atoms with Gasteiger partial charge in [-0.15, -0.1) is 5.10 Å². The summed E-state index contributed by atoms with van der Waals surface area (Å²) >= 11 is 0. The summed E-state index contributed by atoms with van der Waals surface area (Å²) in [6, 6.07) is 0. The van der Waals surface area contributed by atoms with Crippen LogP contribution in [0.4, 0.5) is 0 Å². The number of aromatic nitrogens is 5. The van der Waals surface area contributed by atoms with Crippen LogP contribution in [0, 0.1) is 6.92 Å². The van der Waals surface area contributed by atoms with Gasteiger partial charge in [-0.2, -0.15) is 0 Å². The number of rotatable bonds is 0. The second-order valence-electron chi connectivity index (χ2n) is 2.34. The second-order valence-corrected chi connectivity index (χ2v) is 2.34. The maximum Gasteiger partial charge on any atom is 0.205 e. The minimum atomic E-state index is 0.653. The molecular weight excluding hydrogens is 142 g/mol. The van der Waals surface area contributed by atoms with Crippen LogP contribution in [0.15, 0.2) is 6.20 Å². The average Bonchev–Trinajstić information content (AvgIpc) is 2.32. The number of aryl methyl sites for hydroxylation is 2. The van der Waals surface area contributed by atoms with E-state index < -0.39 is 0 Å². The molecule has 0 saturated carbocycles. The molecule has 5 heteroatoms. The van der Waals surface area contributed by atoms with E-state index in [0.717, 1.165) is 11.3 Å². The Kier molecular flexibility index (Phi) is 1.12. The van der Waals surface area contributed by atoms with E-state index in [4.69, 9.17) is 0 Å². The van der Waals surface area contributed by atoms with Crippen molar-refractivity contribution in [3.63, 3.8) is 0 Å². The Bertz CT molecular complexity index is 391. The molecule has 2 aromatic heterocycles. The quantitative estimate of drug-likeness (QED) is 0.531. The monoisotopic (exact) mass is 149 g/mol. The van der Waals surface area contributed by atoms with Crippen LogP contribution in [0.3, 0.4) is 0 Å². The lowest BCUT2D eigenvalue weighted by Crippen LogP contribution is -1.91. The highest BCUT2D eigenvalue weighted by Crippen LogP contribution is 2.03. The molecule has 0 N–H and O–H groups in total. The highest BCUT2D eigenvalue weighted by Gasteiger charge is 2.01. The Morgan fingerprint density at radius 2 is 2.27 bits per heavy atom. The Balaban J connectivity index is 2.86. The number of hydrogen-bond acceptors (Lipinski definition) is 4. The Morgan fingerprint density at radius 1 is 1.45 bits per heavy atom. The maximum atomic E-state index is 4.09. The molecule has 0 radical (unpaired) electrons. The van der Waals surface area contributed by atoms with Gasteiger partial charge in [0.2, 0.25) is 5.65 Å². The molecule has 0 aliphatic heterocycles. The van der Waals surface area contributed by atoms with Crippen LogP contribution < -0.4 is 0 Å². The summed E-state index contributed by atoms with van der Waals surface area (Å²) in [4.78, 5) is 8.12. The molecule has 11 heavy (non-hydrogen) atoms. The van der Waals surface area contributed by atoms with Gasteiger partial charge in [-0.1, -0.05) is 5.21 Å². The zero-order chi connectivity index (χ0) is 7.84. The van der Waals surface area contributed by atoms with Gasteiger partial charge in [0.15, 0.2) is 0 Å². The summed E-state index contributed by atoms with van der Waals surface area (Å²) in [7, 11) is 1.81. The number of hydrogen-bond donors (Lipinski definition) is 0. The van der Waals surface area contributed by atoms with Gasteiger partial charge in [0, 0.05) is 7.05 Å². The first-order valence-corrected chi connectivity index (χ1v) is 3.26. The maximum absolute atomic E-state index is 4.09. The van der Waals surface area contributed by atoms with E-state index in [2.05, 4.69) is 20.3 Å². The predicted octanol–water partition coefficient (Wildman–Crippen LogP) is 0.0667. The van der Waals surface area contributed by atoms with Gasteiger partial charge in [-0.05, 0) is 6.92 Å². The third-order valence-electron chi connectivity index (χ3n) is 1.49. The van der Waals surface area contributed by atoms with Gasteiger partial charge in [0.25, 0.3) is 0 Å². The van der Waals surface area contributed by atoms with Crippen LogP contribution in [0.25, 0.3) is 11.2 Å². The van der Waals surface area contributed by atoms with E-state index in [9.17, 15) is 0 Å². The Hall–Kier alpha value is -1.52. The molecule has 0 aliphatic carbocycles. The van der Waals surface area contributed by atoms with Gasteiger partial charge in [-0.25, -0.2) is 14.6 Å². The highest BCUT2D eigenvalue weighted by molar-refractivity contribution is 5.67. The molecule has 0 saturated heterocycles. The van der Waals surface area contributed by atoms with Crippen molar-refractivity contribution in [2.75, 3.05) is 0 Å². The van der Waals surface area contributed by atoms with Crippen molar-refractivity contribution < 1.29 is 0 Å². The lowest BCUT2D eigenvalue weighted by atomic mass is 10.5. The van der Waals surface area contributed by atoms with Gasteiger partial charge in [0.05, 0.1) is 6.20 Å². The van der Waals surface area contributed by atoms with E-state index in [1.807, 2.05) is 14.0 Å². The summed E-state index contributed by atoms with van der Waals surface area (Å²) in [5.41, 5.74) is 1.51. The first kappa shape index (κ1) is 6.21. The molecular formula is C6H7N5. The predicted molar refractivity (Wildman–Crippen MR) is 38.8 cm³/mol. The topological polar surface area (TPSA) is 56.5 Å². The van der Waals surface area contributed by atoms with Crippen LogP contribution in [-0.4, -0.2) is 25.0 Å². The molecule has 5 nitrogen and oxygen atoms in total. The third-order valence-corrected chi connectivity index (χ3v) is 1.49. The fourth-order valence-electron chi connectivity index (χ4n) is 0.911. The lowest BCUT2D eigenvalue weighted by molar-refractivity contribution is 0.735. The molecule has 0 fully saturated rings. The number of nitrogens with zero attached hydrogens (tertiary/aromatic N) is 5. The second kappa shape index (κ2) is 1.98. The fourth-order valence-corrected chi connectivity index (χ4v) is 0.911. The van der Waals surface area contributed by atoms with E-state index in [1.165, 1.54) is 0 Å². The minimum absolute atomic E-state index is 0.653. The SMILES string of the molecule is Cc1ncc2c(nnn2C)n1. The smallest absolute Gasteiger partial charge is 0.205 e. The zero-order valence-corrected chi connectivity index (χ0v) is 6.31. The molecule has 0 amide bonds. The minimum Gasteiger partial charge on any atom is -0.244 e. The van der Waals surface area contributed by atoms with Gasteiger partial charge < -0.3 is 0 Å². The Morgan fingerprint density at radius 3 is 3.09 bits per heavy atom. The van der Waals surface area contributed by atoms with Gasteiger partial charge in [0.1, 0.15) is 11.3 Å². The molecule has 0 bridgehead atoms.